The van der Waals surface area contributed by atoms with E-state index in [0.29, 0.717) is 6.42 Å². The Morgan fingerprint density at radius 3 is 2.92 bits per heavy atom. The molecular weight excluding hydrogens is 186 g/mol. The van der Waals surface area contributed by atoms with Crippen molar-refractivity contribution in [2.45, 2.75) is 12.5 Å². The fourth-order valence-electron chi connectivity index (χ4n) is 0.952. The second-order valence-electron chi connectivity index (χ2n) is 2.62. The maximum atomic E-state index is 10.5. The molecule has 2 N–H and O–H groups in total. The van der Waals surface area contributed by atoms with Crippen LogP contribution in [-0.2, 0) is 11.2 Å². The van der Waals surface area contributed by atoms with Crippen molar-refractivity contribution in [2.75, 3.05) is 19.4 Å². The standard InChI is InChI=1S/C8H13N3OS/c1-9-6(5-12)3-7-4-11-8(10-2)13-7/h4-6,9H,3H2,1-2H3,(H,10,11)/t6-/m0/s1. The summed E-state index contributed by atoms with van der Waals surface area (Å²) in [5.74, 6) is 0. The highest BCUT2D eigenvalue weighted by Gasteiger charge is 2.07. The van der Waals surface area contributed by atoms with Gasteiger partial charge < -0.3 is 15.4 Å². The average Bonchev–Trinajstić information content (AvgIpc) is 2.61. The smallest absolute Gasteiger partial charge is 0.182 e. The lowest BCUT2D eigenvalue weighted by Crippen LogP contribution is -2.28. The Bertz CT molecular complexity index is 274. The number of aldehydes is 1. The molecule has 1 rings (SSSR count). The number of aromatic nitrogens is 1. The molecule has 0 spiro atoms. The van der Waals surface area contributed by atoms with Gasteiger partial charge in [0.05, 0.1) is 6.04 Å². The van der Waals surface area contributed by atoms with Gasteiger partial charge >= 0.3 is 0 Å². The summed E-state index contributed by atoms with van der Waals surface area (Å²) >= 11 is 1.57. The van der Waals surface area contributed by atoms with Crippen LogP contribution in [0.2, 0.25) is 0 Å². The van der Waals surface area contributed by atoms with Gasteiger partial charge in [0.15, 0.2) is 5.13 Å². The van der Waals surface area contributed by atoms with Crippen LogP contribution in [0.5, 0.6) is 0 Å². The molecule has 1 aromatic rings. The minimum Gasteiger partial charge on any atom is -0.365 e. The Kier molecular flexibility index (Phi) is 3.85. The molecule has 1 aromatic heterocycles. The SMILES string of the molecule is CNc1ncc(C[C@@H](C=O)NC)s1. The first-order valence-corrected chi connectivity index (χ1v) is 4.86. The summed E-state index contributed by atoms with van der Waals surface area (Å²) in [5.41, 5.74) is 0. The highest BCUT2D eigenvalue weighted by Crippen LogP contribution is 2.18. The van der Waals surface area contributed by atoms with E-state index in [1.54, 1.807) is 24.6 Å². The van der Waals surface area contributed by atoms with Crippen molar-refractivity contribution in [1.29, 1.82) is 0 Å². The molecule has 0 radical (unpaired) electrons. The number of hydrogen-bond donors (Lipinski definition) is 2. The van der Waals surface area contributed by atoms with Gasteiger partial charge in [-0.2, -0.15) is 0 Å². The highest BCUT2D eigenvalue weighted by molar-refractivity contribution is 7.15. The lowest BCUT2D eigenvalue weighted by molar-refractivity contribution is -0.109. The predicted octanol–water partition coefficient (Wildman–Crippen LogP) is 0.514. The van der Waals surface area contributed by atoms with Crippen LogP contribution in [0, 0.1) is 0 Å². The minimum atomic E-state index is -0.106. The number of nitrogens with one attached hydrogen (secondary N) is 2. The van der Waals surface area contributed by atoms with Gasteiger partial charge in [0.1, 0.15) is 6.29 Å². The Morgan fingerprint density at radius 2 is 2.46 bits per heavy atom. The summed E-state index contributed by atoms with van der Waals surface area (Å²) in [7, 11) is 3.61. The molecular formula is C8H13N3OS. The summed E-state index contributed by atoms with van der Waals surface area (Å²) in [4.78, 5) is 15.8. The summed E-state index contributed by atoms with van der Waals surface area (Å²) in [6, 6.07) is -0.106. The molecule has 0 unspecified atom stereocenters. The molecule has 0 aliphatic heterocycles. The van der Waals surface area contributed by atoms with Crippen molar-refractivity contribution in [3.05, 3.63) is 11.1 Å². The van der Waals surface area contributed by atoms with Gasteiger partial charge in [-0.05, 0) is 7.05 Å². The molecule has 4 nitrogen and oxygen atoms in total. The van der Waals surface area contributed by atoms with E-state index in [9.17, 15) is 4.79 Å². The molecule has 13 heavy (non-hydrogen) atoms. The Balaban J connectivity index is 2.57. The van der Waals surface area contributed by atoms with Crippen molar-refractivity contribution in [3.8, 4) is 0 Å². The van der Waals surface area contributed by atoms with Crippen LogP contribution in [0.1, 0.15) is 4.88 Å². The zero-order chi connectivity index (χ0) is 9.68. The van der Waals surface area contributed by atoms with Crippen molar-refractivity contribution >= 4 is 22.8 Å². The number of nitrogens with zero attached hydrogens (tertiary/aromatic N) is 1. The van der Waals surface area contributed by atoms with Crippen molar-refractivity contribution in [3.63, 3.8) is 0 Å². The number of anilines is 1. The van der Waals surface area contributed by atoms with E-state index < -0.39 is 0 Å². The monoisotopic (exact) mass is 199 g/mol. The first-order valence-electron chi connectivity index (χ1n) is 4.05. The topological polar surface area (TPSA) is 54.0 Å². The van der Waals surface area contributed by atoms with Gasteiger partial charge in [-0.15, -0.1) is 11.3 Å². The Hall–Kier alpha value is -0.940. The van der Waals surface area contributed by atoms with Crippen LogP contribution in [0.3, 0.4) is 0 Å². The van der Waals surface area contributed by atoms with Crippen LogP contribution < -0.4 is 10.6 Å². The second-order valence-corrected chi connectivity index (χ2v) is 3.73. The van der Waals surface area contributed by atoms with Gasteiger partial charge in [-0.25, -0.2) is 4.98 Å². The molecule has 72 valence electrons. The van der Waals surface area contributed by atoms with E-state index in [4.69, 9.17) is 0 Å². The number of carbonyl (C=O) groups is 1. The molecule has 5 heteroatoms. The van der Waals surface area contributed by atoms with Crippen molar-refractivity contribution in [1.82, 2.24) is 10.3 Å². The first kappa shape index (κ1) is 10.1. The van der Waals surface area contributed by atoms with Crippen LogP contribution in [0.15, 0.2) is 6.20 Å². The minimum absolute atomic E-state index is 0.106. The number of hydrogen-bond acceptors (Lipinski definition) is 5. The Morgan fingerprint density at radius 1 is 1.69 bits per heavy atom. The molecule has 0 bridgehead atoms. The van der Waals surface area contributed by atoms with E-state index in [0.717, 1.165) is 16.3 Å². The van der Waals surface area contributed by atoms with Gasteiger partial charge in [-0.1, -0.05) is 0 Å². The fourth-order valence-corrected chi connectivity index (χ4v) is 1.78. The van der Waals surface area contributed by atoms with Gasteiger partial charge in [0.25, 0.3) is 0 Å². The molecule has 0 amide bonds. The number of likely N-dealkylation sites (N-methyl/N-ethyl adjacent to an activating group) is 1. The zero-order valence-electron chi connectivity index (χ0n) is 7.70. The lowest BCUT2D eigenvalue weighted by atomic mass is 10.2. The third kappa shape index (κ3) is 2.78. The van der Waals surface area contributed by atoms with Crippen LogP contribution in [-0.4, -0.2) is 31.4 Å². The molecule has 0 saturated heterocycles. The average molecular weight is 199 g/mol. The van der Waals surface area contributed by atoms with E-state index in [1.807, 2.05) is 7.05 Å². The van der Waals surface area contributed by atoms with E-state index >= 15 is 0 Å². The molecule has 0 aromatic carbocycles. The second kappa shape index (κ2) is 4.94. The van der Waals surface area contributed by atoms with E-state index in [2.05, 4.69) is 15.6 Å². The zero-order valence-corrected chi connectivity index (χ0v) is 8.52. The normalized spacial score (nSPS) is 12.5. The van der Waals surface area contributed by atoms with Crippen LogP contribution >= 0.6 is 11.3 Å². The highest BCUT2D eigenvalue weighted by atomic mass is 32.1. The number of rotatable bonds is 5. The van der Waals surface area contributed by atoms with Gasteiger partial charge in [0, 0.05) is 24.5 Å². The largest absolute Gasteiger partial charge is 0.365 e. The van der Waals surface area contributed by atoms with E-state index in [1.165, 1.54) is 0 Å². The Labute approximate surface area is 81.4 Å². The predicted molar refractivity (Wildman–Crippen MR) is 54.3 cm³/mol. The lowest BCUT2D eigenvalue weighted by Gasteiger charge is -2.04. The summed E-state index contributed by atoms with van der Waals surface area (Å²) < 4.78 is 0. The number of thiazole rings is 1. The summed E-state index contributed by atoms with van der Waals surface area (Å²) in [6.45, 7) is 0. The number of carbonyl (C=O) groups excluding carboxylic acids is 1. The molecule has 0 aliphatic carbocycles. The molecule has 0 fully saturated rings. The summed E-state index contributed by atoms with van der Waals surface area (Å²) in [5, 5.41) is 6.76. The third-order valence-corrected chi connectivity index (χ3v) is 2.76. The van der Waals surface area contributed by atoms with Crippen molar-refractivity contribution in [2.24, 2.45) is 0 Å². The van der Waals surface area contributed by atoms with E-state index in [-0.39, 0.29) is 6.04 Å². The molecule has 1 heterocycles. The van der Waals surface area contributed by atoms with Gasteiger partial charge in [0.2, 0.25) is 0 Å². The quantitative estimate of drug-likeness (QED) is 0.679. The summed E-state index contributed by atoms with van der Waals surface area (Å²) in [6.07, 6.45) is 3.42. The molecule has 1 atom stereocenters. The molecule has 0 aliphatic rings. The maximum Gasteiger partial charge on any atom is 0.182 e. The van der Waals surface area contributed by atoms with Crippen molar-refractivity contribution < 1.29 is 4.79 Å². The maximum absolute atomic E-state index is 10.5. The van der Waals surface area contributed by atoms with Crippen LogP contribution in [0.4, 0.5) is 5.13 Å². The molecule has 0 saturated carbocycles. The first-order chi connectivity index (χ1) is 6.30. The van der Waals surface area contributed by atoms with Gasteiger partial charge in [-0.3, -0.25) is 0 Å². The van der Waals surface area contributed by atoms with Crippen LogP contribution in [0.25, 0.3) is 0 Å². The third-order valence-electron chi connectivity index (χ3n) is 1.72. The fraction of sp³-hybridized carbons (Fsp3) is 0.500.